The zero-order valence-corrected chi connectivity index (χ0v) is 18.2. The van der Waals surface area contributed by atoms with Gasteiger partial charge in [0, 0.05) is 5.39 Å². The lowest BCUT2D eigenvalue weighted by molar-refractivity contribution is -0.0499. The predicted molar refractivity (Wildman–Crippen MR) is 117 cm³/mol. The van der Waals surface area contributed by atoms with Crippen LogP contribution in [0.5, 0.6) is 5.75 Å². The first-order valence-corrected chi connectivity index (χ1v) is 11.1. The Labute approximate surface area is 187 Å². The van der Waals surface area contributed by atoms with E-state index in [9.17, 15) is 26.9 Å². The van der Waals surface area contributed by atoms with Crippen molar-refractivity contribution in [1.82, 2.24) is 9.97 Å². The van der Waals surface area contributed by atoms with E-state index in [0.29, 0.717) is 21.7 Å². The van der Waals surface area contributed by atoms with Gasteiger partial charge in [-0.1, -0.05) is 48.5 Å². The Morgan fingerprint density at radius 3 is 2.21 bits per heavy atom. The van der Waals surface area contributed by atoms with Gasteiger partial charge in [-0.15, -0.1) is 0 Å². The first-order valence-electron chi connectivity index (χ1n) is 9.66. The molecule has 1 aromatic heterocycles. The molecule has 1 heterocycles. The summed E-state index contributed by atoms with van der Waals surface area (Å²) < 4.78 is 67.6. The van der Waals surface area contributed by atoms with Crippen molar-refractivity contribution in [3.63, 3.8) is 0 Å². The minimum absolute atomic E-state index is 0.0505. The molecule has 4 aromatic rings. The first kappa shape index (κ1) is 22.5. The smallest absolute Gasteiger partial charge is 0.375 e. The lowest BCUT2D eigenvalue weighted by atomic mass is 9.93. The Kier molecular flexibility index (Phi) is 5.25. The number of halogens is 3. The topological polar surface area (TPSA) is 92.9 Å². The van der Waals surface area contributed by atoms with Gasteiger partial charge in [0.2, 0.25) is 0 Å². The summed E-state index contributed by atoms with van der Waals surface area (Å²) in [6, 6.07) is 18.2. The summed E-state index contributed by atoms with van der Waals surface area (Å²) >= 11 is 0. The van der Waals surface area contributed by atoms with Gasteiger partial charge in [-0.25, -0.2) is 9.97 Å². The molecule has 6 nitrogen and oxygen atoms in total. The normalized spacial score (nSPS) is 12.6. The van der Waals surface area contributed by atoms with Crippen molar-refractivity contribution in [2.75, 3.05) is 0 Å². The highest BCUT2D eigenvalue weighted by Gasteiger charge is 2.49. The van der Waals surface area contributed by atoms with Gasteiger partial charge in [0.25, 0.3) is 0 Å². The first-order chi connectivity index (χ1) is 15.4. The lowest BCUT2D eigenvalue weighted by Crippen LogP contribution is -2.28. The highest BCUT2D eigenvalue weighted by Crippen LogP contribution is 2.41. The second-order valence-corrected chi connectivity index (χ2v) is 9.33. The van der Waals surface area contributed by atoms with Crippen LogP contribution < -0.4 is 4.18 Å². The number of hydrogen-bond donors (Lipinski definition) is 0. The molecule has 0 amide bonds. The van der Waals surface area contributed by atoms with Crippen LogP contribution in [0.25, 0.3) is 32.9 Å². The molecule has 4 rings (SSSR count). The number of nitriles is 1. The van der Waals surface area contributed by atoms with E-state index in [1.54, 1.807) is 62.4 Å². The lowest BCUT2D eigenvalue weighted by Gasteiger charge is -2.19. The van der Waals surface area contributed by atoms with E-state index in [2.05, 4.69) is 20.2 Å². The number of aromatic nitrogens is 2. The molecule has 0 aliphatic heterocycles. The molecule has 0 saturated heterocycles. The molecule has 0 atom stereocenters. The maximum Gasteiger partial charge on any atom is 0.534 e. The molecule has 10 heteroatoms. The van der Waals surface area contributed by atoms with Gasteiger partial charge < -0.3 is 4.18 Å². The van der Waals surface area contributed by atoms with Crippen LogP contribution in [-0.4, -0.2) is 23.9 Å². The maximum absolute atomic E-state index is 13.1. The molecule has 0 aliphatic rings. The Morgan fingerprint density at radius 1 is 0.909 bits per heavy atom. The molecule has 0 N–H and O–H groups in total. The molecule has 0 spiro atoms. The molecule has 0 fully saturated rings. The average molecular weight is 471 g/mol. The molecule has 3 aromatic carbocycles. The average Bonchev–Trinajstić information content (AvgIpc) is 2.77. The summed E-state index contributed by atoms with van der Waals surface area (Å²) in [7, 11) is -5.94. The van der Waals surface area contributed by atoms with E-state index < -0.39 is 26.8 Å². The summed E-state index contributed by atoms with van der Waals surface area (Å²) in [6.45, 7) is 3.21. The van der Waals surface area contributed by atoms with Gasteiger partial charge >= 0.3 is 15.6 Å². The van der Waals surface area contributed by atoms with Gasteiger partial charge in [0.05, 0.1) is 22.8 Å². The van der Waals surface area contributed by atoms with E-state index in [4.69, 9.17) is 0 Å². The molecule has 0 unspecified atom stereocenters. The van der Waals surface area contributed by atoms with Gasteiger partial charge in [-0.05, 0) is 36.8 Å². The van der Waals surface area contributed by atoms with Gasteiger partial charge in [0.15, 0.2) is 5.75 Å². The highest BCUT2D eigenvalue weighted by molar-refractivity contribution is 7.88. The SMILES string of the molecule is CC(C)(C#N)c1nc(-c2c(OS(=O)(=O)C(F)(F)F)ccc3ccccc23)c2ccccc2n1. The molecular weight excluding hydrogens is 455 g/mol. The van der Waals surface area contributed by atoms with Crippen LogP contribution in [0.15, 0.2) is 60.7 Å². The van der Waals surface area contributed by atoms with Crippen LogP contribution in [0.2, 0.25) is 0 Å². The number of nitrogens with zero attached hydrogens (tertiary/aromatic N) is 3. The Hall–Kier alpha value is -3.71. The number of para-hydroxylation sites is 1. The zero-order valence-electron chi connectivity index (χ0n) is 17.4. The minimum atomic E-state index is -5.94. The summed E-state index contributed by atoms with van der Waals surface area (Å²) in [4.78, 5) is 8.98. The Morgan fingerprint density at radius 2 is 1.55 bits per heavy atom. The number of alkyl halides is 3. The zero-order chi connectivity index (χ0) is 24.0. The standard InChI is InChI=1S/C23H16F3N3O3S/c1-22(2,13-27)21-28-17-10-6-5-9-16(17)20(29-21)19-15-8-4-3-7-14(15)11-12-18(19)32-33(30,31)23(24,25)26/h3-12H,1-2H3. The van der Waals surface area contributed by atoms with Crippen molar-refractivity contribution in [1.29, 1.82) is 5.26 Å². The van der Waals surface area contributed by atoms with Crippen molar-refractivity contribution in [2.24, 2.45) is 0 Å². The van der Waals surface area contributed by atoms with Crippen molar-refractivity contribution in [2.45, 2.75) is 24.8 Å². The van der Waals surface area contributed by atoms with E-state index in [1.807, 2.05) is 0 Å². The van der Waals surface area contributed by atoms with Crippen LogP contribution in [0.4, 0.5) is 13.2 Å². The Bertz CT molecular complexity index is 1540. The van der Waals surface area contributed by atoms with Crippen LogP contribution in [0.1, 0.15) is 19.7 Å². The van der Waals surface area contributed by atoms with Gasteiger partial charge in [0.1, 0.15) is 11.2 Å². The second kappa shape index (κ2) is 7.71. The molecular formula is C23H16F3N3O3S. The summed E-state index contributed by atoms with van der Waals surface area (Å²) in [5.41, 5.74) is -6.09. The molecule has 0 saturated carbocycles. The van der Waals surface area contributed by atoms with Crippen LogP contribution in [0, 0.1) is 11.3 Å². The van der Waals surface area contributed by atoms with Gasteiger partial charge in [-0.2, -0.15) is 26.9 Å². The van der Waals surface area contributed by atoms with Crippen molar-refractivity contribution in [3.05, 3.63) is 66.5 Å². The maximum atomic E-state index is 13.1. The fourth-order valence-electron chi connectivity index (χ4n) is 3.33. The van der Waals surface area contributed by atoms with Crippen molar-refractivity contribution in [3.8, 4) is 23.1 Å². The van der Waals surface area contributed by atoms with Crippen LogP contribution in [-0.2, 0) is 15.5 Å². The number of benzene rings is 3. The molecule has 0 aliphatic carbocycles. The molecule has 33 heavy (non-hydrogen) atoms. The molecule has 0 radical (unpaired) electrons. The van der Waals surface area contributed by atoms with E-state index in [1.165, 1.54) is 6.07 Å². The third-order valence-corrected chi connectivity index (χ3v) is 6.02. The second-order valence-electron chi connectivity index (χ2n) is 7.79. The highest BCUT2D eigenvalue weighted by atomic mass is 32.2. The monoisotopic (exact) mass is 471 g/mol. The minimum Gasteiger partial charge on any atom is -0.375 e. The quantitative estimate of drug-likeness (QED) is 0.289. The predicted octanol–water partition coefficient (Wildman–Crippen LogP) is 5.48. The van der Waals surface area contributed by atoms with E-state index >= 15 is 0 Å². The molecule has 168 valence electrons. The number of rotatable bonds is 4. The van der Waals surface area contributed by atoms with Crippen molar-refractivity contribution < 1.29 is 25.8 Å². The van der Waals surface area contributed by atoms with Crippen LogP contribution >= 0.6 is 0 Å². The van der Waals surface area contributed by atoms with E-state index in [0.717, 1.165) is 6.07 Å². The Balaban J connectivity index is 2.13. The largest absolute Gasteiger partial charge is 0.534 e. The summed E-state index contributed by atoms with van der Waals surface area (Å²) in [5.74, 6) is -0.396. The third-order valence-electron chi connectivity index (χ3n) is 5.05. The number of hydrogen-bond acceptors (Lipinski definition) is 6. The number of fused-ring (bicyclic) bond motifs is 2. The summed E-state index contributed by atoms with van der Waals surface area (Å²) in [5, 5.41) is 11.1. The third kappa shape index (κ3) is 3.96. The fraction of sp³-hybridized carbons (Fsp3) is 0.174. The van der Waals surface area contributed by atoms with Gasteiger partial charge in [-0.3, -0.25) is 0 Å². The van der Waals surface area contributed by atoms with Crippen LogP contribution in [0.3, 0.4) is 0 Å². The summed E-state index contributed by atoms with van der Waals surface area (Å²) in [6.07, 6.45) is 0. The van der Waals surface area contributed by atoms with E-state index in [-0.39, 0.29) is 17.1 Å². The van der Waals surface area contributed by atoms with Crippen molar-refractivity contribution >= 4 is 31.8 Å². The molecule has 0 bridgehead atoms. The fourth-order valence-corrected chi connectivity index (χ4v) is 3.80.